The fraction of sp³-hybridized carbons (Fsp3) is 0.429. The van der Waals surface area contributed by atoms with Gasteiger partial charge in [-0.1, -0.05) is 117 Å². The maximum Gasteiger partial charge on any atom is -0.0213 e. The molecule has 0 bridgehead atoms. The molecule has 2 aromatic carbocycles. The second-order valence-corrected chi connectivity index (χ2v) is 8.80. The number of hydrogen-bond acceptors (Lipinski definition) is 0. The highest BCUT2D eigenvalue weighted by molar-refractivity contribution is 5.55. The minimum Gasteiger partial charge on any atom is -0.0985 e. The van der Waals surface area contributed by atoms with Gasteiger partial charge in [0, 0.05) is 0 Å². The molecule has 2 rings (SSSR count). The van der Waals surface area contributed by atoms with Crippen molar-refractivity contribution in [2.24, 2.45) is 0 Å². The van der Waals surface area contributed by atoms with Gasteiger partial charge in [-0.15, -0.1) is 0 Å². The minimum atomic E-state index is 0.571. The van der Waals surface area contributed by atoms with E-state index >= 15 is 0 Å². The maximum absolute atomic E-state index is 3.85. The summed E-state index contributed by atoms with van der Waals surface area (Å²) in [5.74, 6) is 2.35. The monoisotopic (exact) mass is 376 g/mol. The van der Waals surface area contributed by atoms with E-state index in [1.165, 1.54) is 33.4 Å². The summed E-state index contributed by atoms with van der Waals surface area (Å²) in [6, 6.07) is 13.4. The van der Waals surface area contributed by atoms with Crippen molar-refractivity contribution in [1.29, 1.82) is 0 Å². The number of rotatable bonds is 6. The average molecular weight is 377 g/mol. The van der Waals surface area contributed by atoms with Crippen molar-refractivity contribution >= 4 is 12.2 Å². The van der Waals surface area contributed by atoms with E-state index in [4.69, 9.17) is 0 Å². The van der Waals surface area contributed by atoms with Crippen molar-refractivity contribution in [2.45, 2.75) is 79.1 Å². The van der Waals surface area contributed by atoms with E-state index in [1.54, 1.807) is 0 Å². The third-order valence-corrected chi connectivity index (χ3v) is 5.24. The molecule has 0 aliphatic heterocycles. The molecular formula is C28H40. The fourth-order valence-electron chi connectivity index (χ4n) is 3.28. The zero-order valence-corrected chi connectivity index (χ0v) is 19.3. The third-order valence-electron chi connectivity index (χ3n) is 5.24. The quantitative estimate of drug-likeness (QED) is 0.471. The standard InChI is InChI=1S/2C14H20/c2*1-6-12-7-8-13(10(2)3)9-14(12)11(4)5/h2*6-11H,1H2,2-5H3. The summed E-state index contributed by atoms with van der Waals surface area (Å²) < 4.78 is 0. The Morgan fingerprint density at radius 3 is 1.07 bits per heavy atom. The van der Waals surface area contributed by atoms with Crippen molar-refractivity contribution < 1.29 is 0 Å². The molecular weight excluding hydrogens is 336 g/mol. The van der Waals surface area contributed by atoms with Gasteiger partial charge in [-0.3, -0.25) is 0 Å². The lowest BCUT2D eigenvalue weighted by Crippen LogP contribution is -1.95. The summed E-state index contributed by atoms with van der Waals surface area (Å²) in [6.07, 6.45) is 3.89. The van der Waals surface area contributed by atoms with Crippen LogP contribution >= 0.6 is 0 Å². The first-order valence-corrected chi connectivity index (χ1v) is 10.6. The molecule has 152 valence electrons. The second-order valence-electron chi connectivity index (χ2n) is 8.80. The predicted molar refractivity (Wildman–Crippen MR) is 129 cm³/mol. The lowest BCUT2D eigenvalue weighted by molar-refractivity contribution is 0.832. The summed E-state index contributed by atoms with van der Waals surface area (Å²) in [5, 5.41) is 0. The smallest absolute Gasteiger partial charge is 0.0213 e. The average Bonchev–Trinajstić information content (AvgIpc) is 2.66. The van der Waals surface area contributed by atoms with E-state index in [0.717, 1.165) is 0 Å². The van der Waals surface area contributed by atoms with E-state index < -0.39 is 0 Å². The van der Waals surface area contributed by atoms with E-state index in [9.17, 15) is 0 Å². The van der Waals surface area contributed by atoms with Gasteiger partial charge in [-0.2, -0.15) is 0 Å². The van der Waals surface area contributed by atoms with E-state index in [1.807, 2.05) is 12.2 Å². The molecule has 0 heteroatoms. The van der Waals surface area contributed by atoms with Crippen LogP contribution in [0.3, 0.4) is 0 Å². The van der Waals surface area contributed by atoms with Crippen molar-refractivity contribution in [3.05, 3.63) is 82.9 Å². The topological polar surface area (TPSA) is 0 Å². The van der Waals surface area contributed by atoms with E-state index in [0.29, 0.717) is 23.7 Å². The van der Waals surface area contributed by atoms with Crippen LogP contribution in [0, 0.1) is 0 Å². The van der Waals surface area contributed by atoms with Gasteiger partial charge in [-0.25, -0.2) is 0 Å². The molecule has 0 N–H and O–H groups in total. The molecule has 0 aromatic heterocycles. The Balaban J connectivity index is 0.000000280. The van der Waals surface area contributed by atoms with Gasteiger partial charge in [0.1, 0.15) is 0 Å². The van der Waals surface area contributed by atoms with Gasteiger partial charge in [0.15, 0.2) is 0 Å². The summed E-state index contributed by atoms with van der Waals surface area (Å²) in [5.41, 5.74) is 8.19. The van der Waals surface area contributed by atoms with Crippen molar-refractivity contribution in [3.8, 4) is 0 Å². The molecule has 0 amide bonds. The molecule has 0 aliphatic carbocycles. The molecule has 0 spiro atoms. The summed E-state index contributed by atoms with van der Waals surface area (Å²) in [4.78, 5) is 0. The maximum atomic E-state index is 3.85. The summed E-state index contributed by atoms with van der Waals surface area (Å²) in [7, 11) is 0. The van der Waals surface area contributed by atoms with Crippen LogP contribution in [0.15, 0.2) is 49.6 Å². The van der Waals surface area contributed by atoms with Gasteiger partial charge in [-0.05, 0) is 57.1 Å². The van der Waals surface area contributed by atoms with Gasteiger partial charge in [0.05, 0.1) is 0 Å². The van der Waals surface area contributed by atoms with Gasteiger partial charge < -0.3 is 0 Å². The van der Waals surface area contributed by atoms with Gasteiger partial charge in [0.25, 0.3) is 0 Å². The first-order valence-electron chi connectivity index (χ1n) is 10.6. The first-order chi connectivity index (χ1) is 13.1. The lowest BCUT2D eigenvalue weighted by Gasteiger charge is -2.14. The first kappa shape index (κ1) is 24.0. The Kier molecular flexibility index (Phi) is 9.46. The fourth-order valence-corrected chi connectivity index (χ4v) is 3.28. The highest BCUT2D eigenvalue weighted by Gasteiger charge is 2.08. The minimum absolute atomic E-state index is 0.571. The van der Waals surface area contributed by atoms with Crippen LogP contribution in [0.25, 0.3) is 12.2 Å². The Bertz CT molecular complexity index is 705. The lowest BCUT2D eigenvalue weighted by atomic mass is 9.92. The Morgan fingerprint density at radius 2 is 0.857 bits per heavy atom. The van der Waals surface area contributed by atoms with Gasteiger partial charge in [0.2, 0.25) is 0 Å². The van der Waals surface area contributed by atoms with Crippen molar-refractivity contribution in [3.63, 3.8) is 0 Å². The SMILES string of the molecule is C=Cc1ccc(C(C)C)cc1C(C)C.C=Cc1ccc(C(C)C)cc1C(C)C. The van der Waals surface area contributed by atoms with Crippen LogP contribution in [0.1, 0.15) is 112 Å². The van der Waals surface area contributed by atoms with Crippen LogP contribution in [0.4, 0.5) is 0 Å². The molecule has 2 aromatic rings. The Hall–Kier alpha value is -2.08. The van der Waals surface area contributed by atoms with Crippen LogP contribution < -0.4 is 0 Å². The molecule has 0 heterocycles. The van der Waals surface area contributed by atoms with Crippen LogP contribution in [-0.4, -0.2) is 0 Å². The molecule has 0 unspecified atom stereocenters. The largest absolute Gasteiger partial charge is 0.0985 e. The van der Waals surface area contributed by atoms with Crippen molar-refractivity contribution in [1.82, 2.24) is 0 Å². The second kappa shape index (κ2) is 11.1. The predicted octanol–water partition coefficient (Wildman–Crippen LogP) is 9.15. The normalized spacial score (nSPS) is 11.0. The molecule has 0 saturated carbocycles. The highest BCUT2D eigenvalue weighted by Crippen LogP contribution is 2.26. The molecule has 0 saturated heterocycles. The number of benzene rings is 2. The van der Waals surface area contributed by atoms with Gasteiger partial charge >= 0.3 is 0 Å². The highest BCUT2D eigenvalue weighted by atomic mass is 14.1. The van der Waals surface area contributed by atoms with Crippen LogP contribution in [0.5, 0.6) is 0 Å². The molecule has 0 aliphatic rings. The van der Waals surface area contributed by atoms with Crippen LogP contribution in [0.2, 0.25) is 0 Å². The summed E-state index contributed by atoms with van der Waals surface area (Å²) in [6.45, 7) is 25.5. The molecule has 0 radical (unpaired) electrons. The molecule has 0 nitrogen and oxygen atoms in total. The van der Waals surface area contributed by atoms with E-state index in [-0.39, 0.29) is 0 Å². The van der Waals surface area contributed by atoms with Crippen molar-refractivity contribution in [2.75, 3.05) is 0 Å². The molecule has 28 heavy (non-hydrogen) atoms. The third kappa shape index (κ3) is 6.51. The zero-order chi connectivity index (χ0) is 21.4. The Labute approximate surface area is 174 Å². The van der Waals surface area contributed by atoms with Crippen LogP contribution in [-0.2, 0) is 0 Å². The number of hydrogen-bond donors (Lipinski definition) is 0. The molecule has 0 fully saturated rings. The molecule has 0 atom stereocenters. The Morgan fingerprint density at radius 1 is 0.536 bits per heavy atom. The van der Waals surface area contributed by atoms with E-state index in [2.05, 4.69) is 105 Å². The summed E-state index contributed by atoms with van der Waals surface area (Å²) >= 11 is 0. The zero-order valence-electron chi connectivity index (χ0n) is 19.3.